The second-order valence-corrected chi connectivity index (χ2v) is 5.70. The van der Waals surface area contributed by atoms with Gasteiger partial charge in [0.25, 0.3) is 0 Å². The van der Waals surface area contributed by atoms with Crippen molar-refractivity contribution in [2.75, 3.05) is 7.11 Å². The Hall–Kier alpha value is -2.21. The molecule has 2 heterocycles. The van der Waals surface area contributed by atoms with Gasteiger partial charge in [0, 0.05) is 16.6 Å². The van der Waals surface area contributed by atoms with Crippen molar-refractivity contribution in [3.05, 3.63) is 70.0 Å². The first-order valence-electron chi connectivity index (χ1n) is 6.56. The van der Waals surface area contributed by atoms with Gasteiger partial charge in [0.2, 0.25) is 0 Å². The largest absolute Gasteiger partial charge is 0.465 e. The van der Waals surface area contributed by atoms with E-state index >= 15 is 0 Å². The third kappa shape index (κ3) is 2.62. The first-order valence-corrected chi connectivity index (χ1v) is 7.35. The van der Waals surface area contributed by atoms with Crippen molar-refractivity contribution < 1.29 is 13.9 Å². The van der Waals surface area contributed by atoms with Crippen molar-refractivity contribution in [3.8, 4) is 0 Å². The Labute approximate surface area is 134 Å². The van der Waals surface area contributed by atoms with Crippen molar-refractivity contribution in [2.45, 2.75) is 6.42 Å². The van der Waals surface area contributed by atoms with Crippen LogP contribution in [0.2, 0.25) is 0 Å². The highest BCUT2D eigenvalue weighted by molar-refractivity contribution is 9.10. The molecule has 0 unspecified atom stereocenters. The molecule has 1 aromatic carbocycles. The van der Waals surface area contributed by atoms with Gasteiger partial charge in [0.15, 0.2) is 0 Å². The summed E-state index contributed by atoms with van der Waals surface area (Å²) < 4.78 is 21.4. The van der Waals surface area contributed by atoms with Crippen LogP contribution in [-0.4, -0.2) is 22.5 Å². The molecule has 0 saturated heterocycles. The number of pyridine rings is 1. The van der Waals surface area contributed by atoms with E-state index in [0.717, 1.165) is 5.52 Å². The molecule has 0 bridgehead atoms. The van der Waals surface area contributed by atoms with Gasteiger partial charge in [-0.15, -0.1) is 0 Å². The highest BCUT2D eigenvalue weighted by atomic mass is 79.9. The number of fused-ring (bicyclic) bond motifs is 1. The molecule has 0 spiro atoms. The standard InChI is InChI=1S/C16H12BrFN2O2/c1-22-16(21)13-5-4-12-8-19-9-20(12)15(13)6-10-2-3-11(17)7-14(10)18/h2-5,7-9H,6H2,1H3. The molecule has 0 aliphatic heterocycles. The molecule has 2 aromatic heterocycles. The molecule has 4 nitrogen and oxygen atoms in total. The zero-order valence-electron chi connectivity index (χ0n) is 11.7. The topological polar surface area (TPSA) is 43.6 Å². The van der Waals surface area contributed by atoms with E-state index in [9.17, 15) is 9.18 Å². The second kappa shape index (κ2) is 5.88. The molecule has 3 rings (SSSR count). The zero-order chi connectivity index (χ0) is 15.7. The molecule has 0 amide bonds. The van der Waals surface area contributed by atoms with Crippen LogP contribution in [-0.2, 0) is 11.2 Å². The second-order valence-electron chi connectivity index (χ2n) is 4.79. The smallest absolute Gasteiger partial charge is 0.339 e. The molecule has 0 saturated carbocycles. The first kappa shape index (κ1) is 14.7. The number of esters is 1. The maximum Gasteiger partial charge on any atom is 0.339 e. The van der Waals surface area contributed by atoms with Crippen LogP contribution in [0.4, 0.5) is 4.39 Å². The Kier molecular flexibility index (Phi) is 3.94. The Bertz CT molecular complexity index is 860. The number of carbonyl (C=O) groups excluding carboxylic acids is 1. The number of hydrogen-bond acceptors (Lipinski definition) is 3. The van der Waals surface area contributed by atoms with E-state index in [4.69, 9.17) is 4.74 Å². The van der Waals surface area contributed by atoms with E-state index in [0.29, 0.717) is 21.3 Å². The van der Waals surface area contributed by atoms with Gasteiger partial charge in [-0.3, -0.25) is 0 Å². The first-order chi connectivity index (χ1) is 10.6. The van der Waals surface area contributed by atoms with Crippen molar-refractivity contribution in [1.29, 1.82) is 0 Å². The van der Waals surface area contributed by atoms with Gasteiger partial charge in [-0.1, -0.05) is 22.0 Å². The van der Waals surface area contributed by atoms with E-state index in [1.54, 1.807) is 41.2 Å². The highest BCUT2D eigenvalue weighted by Gasteiger charge is 2.17. The maximum absolute atomic E-state index is 14.1. The van der Waals surface area contributed by atoms with Gasteiger partial charge in [-0.2, -0.15) is 0 Å². The van der Waals surface area contributed by atoms with Crippen LogP contribution in [0.3, 0.4) is 0 Å². The number of halogens is 2. The third-order valence-corrected chi connectivity index (χ3v) is 3.96. The molecule has 0 atom stereocenters. The predicted octanol–water partition coefficient (Wildman–Crippen LogP) is 3.61. The summed E-state index contributed by atoms with van der Waals surface area (Å²) in [5, 5.41) is 0. The zero-order valence-corrected chi connectivity index (χ0v) is 13.3. The molecule has 6 heteroatoms. The van der Waals surface area contributed by atoms with Gasteiger partial charge in [0.05, 0.1) is 30.7 Å². The van der Waals surface area contributed by atoms with E-state index < -0.39 is 5.97 Å². The van der Waals surface area contributed by atoms with E-state index in [1.807, 2.05) is 0 Å². The Balaban J connectivity index is 2.15. The quantitative estimate of drug-likeness (QED) is 0.668. The number of carbonyl (C=O) groups is 1. The molecule has 0 aliphatic carbocycles. The maximum atomic E-state index is 14.1. The van der Waals surface area contributed by atoms with Crippen LogP contribution in [0, 0.1) is 5.82 Å². The summed E-state index contributed by atoms with van der Waals surface area (Å²) in [7, 11) is 1.32. The lowest BCUT2D eigenvalue weighted by molar-refractivity contribution is 0.0599. The number of ether oxygens (including phenoxy) is 1. The lowest BCUT2D eigenvalue weighted by Gasteiger charge is -2.12. The minimum absolute atomic E-state index is 0.261. The number of hydrogen-bond donors (Lipinski definition) is 0. The molecule has 22 heavy (non-hydrogen) atoms. The minimum atomic E-state index is -0.455. The van der Waals surface area contributed by atoms with Gasteiger partial charge in [-0.25, -0.2) is 14.2 Å². The number of nitrogens with zero attached hydrogens (tertiary/aromatic N) is 2. The molecule has 3 aromatic rings. The average molecular weight is 363 g/mol. The van der Waals surface area contributed by atoms with Gasteiger partial charge < -0.3 is 9.14 Å². The lowest BCUT2D eigenvalue weighted by Crippen LogP contribution is -2.11. The van der Waals surface area contributed by atoms with Gasteiger partial charge in [-0.05, 0) is 29.8 Å². The SMILES string of the molecule is COC(=O)c1ccc2cncn2c1Cc1ccc(Br)cc1F. The molecule has 0 fully saturated rings. The Morgan fingerprint density at radius 2 is 2.18 bits per heavy atom. The Morgan fingerprint density at radius 3 is 2.91 bits per heavy atom. The van der Waals surface area contributed by atoms with Gasteiger partial charge >= 0.3 is 5.97 Å². The minimum Gasteiger partial charge on any atom is -0.465 e. The summed E-state index contributed by atoms with van der Waals surface area (Å²) in [6.45, 7) is 0. The summed E-state index contributed by atoms with van der Waals surface area (Å²) in [4.78, 5) is 16.0. The van der Waals surface area contributed by atoms with Crippen molar-refractivity contribution in [2.24, 2.45) is 0 Å². The van der Waals surface area contributed by atoms with E-state index in [-0.39, 0.29) is 12.2 Å². The van der Waals surface area contributed by atoms with E-state index in [2.05, 4.69) is 20.9 Å². The highest BCUT2D eigenvalue weighted by Crippen LogP contribution is 2.22. The number of methoxy groups -OCH3 is 1. The molecule has 0 aliphatic rings. The summed E-state index contributed by atoms with van der Waals surface area (Å²) in [6.07, 6.45) is 3.55. The van der Waals surface area contributed by atoms with Crippen LogP contribution < -0.4 is 0 Å². The summed E-state index contributed by atoms with van der Waals surface area (Å²) in [6, 6.07) is 8.32. The normalized spacial score (nSPS) is 10.9. The predicted molar refractivity (Wildman–Crippen MR) is 83.4 cm³/mol. The molecule has 112 valence electrons. The average Bonchev–Trinajstić information content (AvgIpc) is 2.98. The number of aromatic nitrogens is 2. The number of imidazole rings is 1. The van der Waals surface area contributed by atoms with Crippen LogP contribution in [0.1, 0.15) is 21.6 Å². The number of benzene rings is 1. The van der Waals surface area contributed by atoms with E-state index in [1.165, 1.54) is 13.2 Å². The number of rotatable bonds is 3. The molecular formula is C16H12BrFN2O2. The monoisotopic (exact) mass is 362 g/mol. The van der Waals surface area contributed by atoms with Crippen LogP contribution >= 0.6 is 15.9 Å². The third-order valence-electron chi connectivity index (χ3n) is 3.47. The molecular weight excluding hydrogens is 351 g/mol. The fourth-order valence-electron chi connectivity index (χ4n) is 2.37. The Morgan fingerprint density at radius 1 is 1.36 bits per heavy atom. The summed E-state index contributed by atoms with van der Waals surface area (Å²) >= 11 is 3.23. The van der Waals surface area contributed by atoms with Crippen LogP contribution in [0.25, 0.3) is 5.52 Å². The molecule has 0 N–H and O–H groups in total. The lowest BCUT2D eigenvalue weighted by atomic mass is 10.0. The van der Waals surface area contributed by atoms with Gasteiger partial charge in [0.1, 0.15) is 5.82 Å². The van der Waals surface area contributed by atoms with Crippen LogP contribution in [0.15, 0.2) is 47.3 Å². The fourth-order valence-corrected chi connectivity index (χ4v) is 2.70. The van der Waals surface area contributed by atoms with Crippen molar-refractivity contribution in [3.63, 3.8) is 0 Å². The fraction of sp³-hybridized carbons (Fsp3) is 0.125. The summed E-state index contributed by atoms with van der Waals surface area (Å²) in [5.74, 6) is -0.787. The van der Waals surface area contributed by atoms with Crippen molar-refractivity contribution in [1.82, 2.24) is 9.38 Å². The molecule has 0 radical (unpaired) electrons. The summed E-state index contributed by atoms with van der Waals surface area (Å²) in [5.41, 5.74) is 2.37. The van der Waals surface area contributed by atoms with Crippen LogP contribution in [0.5, 0.6) is 0 Å². The van der Waals surface area contributed by atoms with Crippen molar-refractivity contribution >= 4 is 27.4 Å².